The highest BCUT2D eigenvalue weighted by atomic mass is 16.3. The van der Waals surface area contributed by atoms with Crippen molar-refractivity contribution in [2.75, 3.05) is 6.54 Å². The van der Waals surface area contributed by atoms with Crippen LogP contribution in [0.1, 0.15) is 19.4 Å². The molecule has 1 unspecified atom stereocenters. The topological polar surface area (TPSA) is 80.6 Å². The van der Waals surface area contributed by atoms with Crippen molar-refractivity contribution in [2.45, 2.75) is 19.9 Å². The molecule has 0 fully saturated rings. The van der Waals surface area contributed by atoms with Gasteiger partial charge < -0.3 is 15.4 Å². The Morgan fingerprint density at radius 2 is 2.10 bits per heavy atom. The summed E-state index contributed by atoms with van der Waals surface area (Å²) in [6.07, 6.45) is 0. The van der Waals surface area contributed by atoms with Gasteiger partial charge in [-0.2, -0.15) is 0 Å². The lowest BCUT2D eigenvalue weighted by molar-refractivity contribution is 0.478. The molecule has 0 saturated heterocycles. The molecule has 20 heavy (non-hydrogen) atoms. The molecular weight excluding hydrogens is 254 g/mol. The number of aromatic nitrogens is 1. The molecule has 106 valence electrons. The summed E-state index contributed by atoms with van der Waals surface area (Å²) in [6.45, 7) is 3.98. The second-order valence-corrected chi connectivity index (χ2v) is 4.90. The van der Waals surface area contributed by atoms with E-state index in [1.54, 1.807) is 26.1 Å². The van der Waals surface area contributed by atoms with E-state index in [9.17, 15) is 9.90 Å². The molecule has 1 aromatic carbocycles. The van der Waals surface area contributed by atoms with Gasteiger partial charge in [0.05, 0.1) is 11.6 Å². The molecule has 2 rings (SSSR count). The summed E-state index contributed by atoms with van der Waals surface area (Å²) in [6, 6.07) is 7.15. The first-order chi connectivity index (χ1) is 9.47. The van der Waals surface area contributed by atoms with E-state index >= 15 is 0 Å². The number of nitrogens with two attached hydrogens (primary N) is 1. The van der Waals surface area contributed by atoms with Crippen molar-refractivity contribution in [1.82, 2.24) is 4.57 Å². The third-order valence-electron chi connectivity index (χ3n) is 3.39. The van der Waals surface area contributed by atoms with Gasteiger partial charge in [0.2, 0.25) is 0 Å². The number of aliphatic imine (C=N–C) groups is 1. The quantitative estimate of drug-likeness (QED) is 0.829. The molecular formula is C15H19N3O2. The highest BCUT2D eigenvalue weighted by molar-refractivity contribution is 6.05. The van der Waals surface area contributed by atoms with Crippen LogP contribution in [-0.4, -0.2) is 28.0 Å². The van der Waals surface area contributed by atoms with Gasteiger partial charge >= 0.3 is 0 Å². The van der Waals surface area contributed by atoms with Crippen molar-refractivity contribution in [3.05, 3.63) is 40.2 Å². The monoisotopic (exact) mass is 273 g/mol. The molecule has 0 aliphatic carbocycles. The van der Waals surface area contributed by atoms with Crippen LogP contribution < -0.4 is 11.3 Å². The zero-order valence-corrected chi connectivity index (χ0v) is 11.9. The minimum atomic E-state index is -0.258. The van der Waals surface area contributed by atoms with E-state index in [1.165, 1.54) is 4.57 Å². The Bertz CT molecular complexity index is 732. The van der Waals surface area contributed by atoms with Crippen LogP contribution in [0.5, 0.6) is 5.75 Å². The summed E-state index contributed by atoms with van der Waals surface area (Å²) in [5.74, 6) is -0.0193. The number of hydrogen-bond acceptors (Lipinski definition) is 4. The second-order valence-electron chi connectivity index (χ2n) is 4.90. The largest absolute Gasteiger partial charge is 0.506 e. The molecule has 1 aromatic heterocycles. The number of para-hydroxylation sites is 1. The number of rotatable bonds is 3. The number of fused-ring (bicyclic) bond motifs is 1. The average molecular weight is 273 g/mol. The maximum Gasteiger partial charge on any atom is 0.263 e. The first kappa shape index (κ1) is 14.3. The molecule has 5 nitrogen and oxygen atoms in total. The van der Waals surface area contributed by atoms with Crippen LogP contribution in [-0.2, 0) is 7.05 Å². The van der Waals surface area contributed by atoms with Crippen molar-refractivity contribution >= 4 is 16.6 Å². The van der Waals surface area contributed by atoms with Crippen LogP contribution in [0.3, 0.4) is 0 Å². The van der Waals surface area contributed by atoms with Crippen molar-refractivity contribution in [3.63, 3.8) is 0 Å². The third kappa shape index (κ3) is 2.32. The van der Waals surface area contributed by atoms with Gasteiger partial charge in [0, 0.05) is 24.7 Å². The lowest BCUT2D eigenvalue weighted by Crippen LogP contribution is -2.25. The molecule has 5 heteroatoms. The zero-order chi connectivity index (χ0) is 14.9. The van der Waals surface area contributed by atoms with Crippen molar-refractivity contribution in [1.29, 1.82) is 0 Å². The summed E-state index contributed by atoms with van der Waals surface area (Å²) in [4.78, 5) is 16.8. The molecule has 1 heterocycles. The summed E-state index contributed by atoms with van der Waals surface area (Å²) in [7, 11) is 1.69. The summed E-state index contributed by atoms with van der Waals surface area (Å²) < 4.78 is 1.52. The first-order valence-electron chi connectivity index (χ1n) is 6.53. The summed E-state index contributed by atoms with van der Waals surface area (Å²) >= 11 is 0. The van der Waals surface area contributed by atoms with Crippen LogP contribution in [0, 0.1) is 0 Å². The van der Waals surface area contributed by atoms with Gasteiger partial charge in [0.25, 0.3) is 5.56 Å². The van der Waals surface area contributed by atoms with E-state index in [0.29, 0.717) is 23.2 Å². The molecule has 0 aliphatic rings. The Balaban J connectivity index is 2.78. The molecule has 0 aliphatic heterocycles. The molecule has 2 aromatic rings. The maximum absolute atomic E-state index is 12.4. The fourth-order valence-corrected chi connectivity index (χ4v) is 2.25. The molecule has 0 radical (unpaired) electrons. The van der Waals surface area contributed by atoms with Gasteiger partial charge in [0.15, 0.2) is 0 Å². The highest BCUT2D eigenvalue weighted by Gasteiger charge is 2.16. The van der Waals surface area contributed by atoms with Crippen LogP contribution in [0.15, 0.2) is 34.1 Å². The van der Waals surface area contributed by atoms with Gasteiger partial charge in [-0.3, -0.25) is 9.79 Å². The standard InChI is InChI=1S/C15H19N3O2/c1-9(8-16)17-10(2)13-14(19)11-6-4-5-7-12(11)18(3)15(13)20/h4-7,9,19H,8,16H2,1-3H3. The molecule has 0 bridgehead atoms. The lowest BCUT2D eigenvalue weighted by Gasteiger charge is -2.12. The SMILES string of the molecule is CC(=NC(C)CN)c1c(O)c2ccccc2n(C)c1=O. The third-order valence-corrected chi connectivity index (χ3v) is 3.39. The fourth-order valence-electron chi connectivity index (χ4n) is 2.25. The molecule has 0 spiro atoms. The maximum atomic E-state index is 12.4. The Morgan fingerprint density at radius 1 is 1.45 bits per heavy atom. The summed E-state index contributed by atoms with van der Waals surface area (Å²) in [5.41, 5.74) is 6.73. The van der Waals surface area contributed by atoms with Gasteiger partial charge in [0.1, 0.15) is 11.3 Å². The number of hydrogen-bond donors (Lipinski definition) is 2. The molecule has 0 amide bonds. The fraction of sp³-hybridized carbons (Fsp3) is 0.333. The average Bonchev–Trinajstić information content (AvgIpc) is 2.45. The normalized spacial score (nSPS) is 13.7. The first-order valence-corrected chi connectivity index (χ1v) is 6.53. The van der Waals surface area contributed by atoms with Crippen LogP contribution in [0.2, 0.25) is 0 Å². The number of pyridine rings is 1. The molecule has 3 N–H and O–H groups in total. The van der Waals surface area contributed by atoms with Crippen LogP contribution >= 0.6 is 0 Å². The Labute approximate surface area is 117 Å². The smallest absolute Gasteiger partial charge is 0.263 e. The predicted octanol–water partition coefficient (Wildman–Crippen LogP) is 1.40. The van der Waals surface area contributed by atoms with E-state index in [2.05, 4.69) is 4.99 Å². The lowest BCUT2D eigenvalue weighted by atomic mass is 10.1. The number of nitrogens with zero attached hydrogens (tertiary/aromatic N) is 2. The highest BCUT2D eigenvalue weighted by Crippen LogP contribution is 2.26. The van der Waals surface area contributed by atoms with Crippen LogP contribution in [0.4, 0.5) is 0 Å². The van der Waals surface area contributed by atoms with Gasteiger partial charge in [-0.15, -0.1) is 0 Å². The van der Waals surface area contributed by atoms with Crippen molar-refractivity contribution in [3.8, 4) is 5.75 Å². The van der Waals surface area contributed by atoms with E-state index in [4.69, 9.17) is 5.73 Å². The van der Waals surface area contributed by atoms with Crippen molar-refractivity contribution < 1.29 is 5.11 Å². The number of aromatic hydroxyl groups is 1. The minimum absolute atomic E-state index is 0.0193. The van der Waals surface area contributed by atoms with Gasteiger partial charge in [-0.1, -0.05) is 12.1 Å². The Kier molecular flexibility index (Phi) is 3.90. The van der Waals surface area contributed by atoms with E-state index < -0.39 is 0 Å². The number of aryl methyl sites for hydroxylation is 1. The van der Waals surface area contributed by atoms with Crippen LogP contribution in [0.25, 0.3) is 10.9 Å². The minimum Gasteiger partial charge on any atom is -0.506 e. The van der Waals surface area contributed by atoms with Gasteiger partial charge in [-0.25, -0.2) is 0 Å². The van der Waals surface area contributed by atoms with Gasteiger partial charge in [-0.05, 0) is 26.0 Å². The van der Waals surface area contributed by atoms with E-state index in [1.807, 2.05) is 19.1 Å². The van der Waals surface area contributed by atoms with E-state index in [0.717, 1.165) is 0 Å². The Morgan fingerprint density at radius 3 is 2.75 bits per heavy atom. The van der Waals surface area contributed by atoms with E-state index in [-0.39, 0.29) is 22.9 Å². The summed E-state index contributed by atoms with van der Waals surface area (Å²) in [5, 5.41) is 11.0. The molecule has 1 atom stereocenters. The molecule has 0 saturated carbocycles. The predicted molar refractivity (Wildman–Crippen MR) is 81.6 cm³/mol. The second kappa shape index (κ2) is 5.46. The van der Waals surface area contributed by atoms with Crippen molar-refractivity contribution in [2.24, 2.45) is 17.8 Å². The zero-order valence-electron chi connectivity index (χ0n) is 11.9. The Hall–Kier alpha value is -2.14. The number of benzene rings is 1.